The molecule has 2 N–H and O–H groups in total. The number of hydrogen-bond donors (Lipinski definition) is 2. The Morgan fingerprint density at radius 2 is 1.50 bits per heavy atom. The highest BCUT2D eigenvalue weighted by atomic mass is 35.5. The smallest absolute Gasteiger partial charge is 0.262 e. The Kier molecular flexibility index (Phi) is 6.83. The van der Waals surface area contributed by atoms with Crippen LogP contribution in [0.4, 0.5) is 5.69 Å². The molecule has 3 aromatic rings. The van der Waals surface area contributed by atoms with Crippen LogP contribution in [0, 0.1) is 0 Å². The van der Waals surface area contributed by atoms with Crippen molar-refractivity contribution in [2.45, 2.75) is 0 Å². The van der Waals surface area contributed by atoms with Crippen LogP contribution in [0.15, 0.2) is 72.8 Å². The van der Waals surface area contributed by atoms with E-state index >= 15 is 0 Å². The minimum absolute atomic E-state index is 0.132. The van der Waals surface area contributed by atoms with Crippen molar-refractivity contribution >= 4 is 34.9 Å². The van der Waals surface area contributed by atoms with Crippen LogP contribution in [0.3, 0.4) is 0 Å². The summed E-state index contributed by atoms with van der Waals surface area (Å²) < 4.78 is 5.47. The fourth-order valence-corrected chi connectivity index (χ4v) is 2.82. The predicted molar refractivity (Wildman–Crippen MR) is 115 cm³/mol. The van der Waals surface area contributed by atoms with Crippen molar-refractivity contribution in [2.75, 3.05) is 19.0 Å². The van der Waals surface area contributed by atoms with Gasteiger partial charge in [-0.2, -0.15) is 0 Å². The highest BCUT2D eigenvalue weighted by Crippen LogP contribution is 2.17. The van der Waals surface area contributed by atoms with E-state index in [4.69, 9.17) is 16.3 Å². The molecule has 0 aliphatic rings. The molecule has 2 amide bonds. The van der Waals surface area contributed by atoms with Gasteiger partial charge in [-0.05, 0) is 66.7 Å². The molecule has 7 heteroatoms. The van der Waals surface area contributed by atoms with Gasteiger partial charge in [0.15, 0.2) is 12.4 Å². The summed E-state index contributed by atoms with van der Waals surface area (Å²) in [6.45, 7) is -0.214. The van der Waals surface area contributed by atoms with Crippen LogP contribution in [-0.2, 0) is 4.79 Å². The van der Waals surface area contributed by atoms with Gasteiger partial charge in [-0.1, -0.05) is 17.7 Å². The van der Waals surface area contributed by atoms with Crippen molar-refractivity contribution in [2.24, 2.45) is 0 Å². The third-order valence-corrected chi connectivity index (χ3v) is 4.48. The number of rotatable bonds is 7. The monoisotopic (exact) mass is 422 g/mol. The fraction of sp³-hybridized carbons (Fsp3) is 0.0870. The maximum absolute atomic E-state index is 12.5. The molecule has 0 bridgehead atoms. The zero-order chi connectivity index (χ0) is 21.5. The van der Waals surface area contributed by atoms with E-state index in [9.17, 15) is 14.4 Å². The normalized spacial score (nSPS) is 10.2. The molecule has 0 radical (unpaired) electrons. The van der Waals surface area contributed by atoms with Crippen molar-refractivity contribution in [3.8, 4) is 5.75 Å². The number of anilines is 1. The molecule has 0 aliphatic heterocycles. The predicted octanol–water partition coefficient (Wildman–Crippen LogP) is 3.95. The van der Waals surface area contributed by atoms with Gasteiger partial charge in [0.2, 0.25) is 0 Å². The van der Waals surface area contributed by atoms with Crippen molar-refractivity contribution in [1.29, 1.82) is 0 Å². The number of amides is 2. The van der Waals surface area contributed by atoms with Gasteiger partial charge < -0.3 is 15.4 Å². The van der Waals surface area contributed by atoms with E-state index < -0.39 is 0 Å². The van der Waals surface area contributed by atoms with Gasteiger partial charge in [0.25, 0.3) is 11.8 Å². The van der Waals surface area contributed by atoms with E-state index in [-0.39, 0.29) is 24.2 Å². The first kappa shape index (κ1) is 21.1. The van der Waals surface area contributed by atoms with Gasteiger partial charge in [0.05, 0.1) is 0 Å². The SMILES string of the molecule is CNC(=O)c1cccc(NC(=O)COc2ccc(C(=O)c3ccc(Cl)cc3)cc2)c1. The Morgan fingerprint density at radius 1 is 0.867 bits per heavy atom. The zero-order valence-corrected chi connectivity index (χ0v) is 16.9. The Balaban J connectivity index is 1.56. The molecule has 0 saturated heterocycles. The number of halogens is 1. The second kappa shape index (κ2) is 9.71. The molecule has 0 atom stereocenters. The van der Waals surface area contributed by atoms with Gasteiger partial charge in [-0.25, -0.2) is 0 Å². The number of ether oxygens (including phenoxy) is 1. The minimum Gasteiger partial charge on any atom is -0.484 e. The number of carbonyl (C=O) groups excluding carboxylic acids is 3. The lowest BCUT2D eigenvalue weighted by atomic mass is 10.0. The maximum atomic E-state index is 12.5. The molecular formula is C23H19ClN2O4. The molecular weight excluding hydrogens is 404 g/mol. The number of ketones is 1. The molecule has 0 fully saturated rings. The molecule has 152 valence electrons. The standard InChI is InChI=1S/C23H19ClN2O4/c1-25-23(29)17-3-2-4-19(13-17)26-21(27)14-30-20-11-7-16(8-12-20)22(28)15-5-9-18(24)10-6-15/h2-13H,14H2,1H3,(H,25,29)(H,26,27). The second-order valence-electron chi connectivity index (χ2n) is 6.36. The van der Waals surface area contributed by atoms with Crippen LogP contribution < -0.4 is 15.4 Å². The number of carbonyl (C=O) groups is 3. The molecule has 3 aromatic carbocycles. The molecule has 0 heterocycles. The zero-order valence-electron chi connectivity index (χ0n) is 16.1. The Labute approximate surface area is 178 Å². The first-order valence-corrected chi connectivity index (χ1v) is 9.49. The van der Waals surface area contributed by atoms with E-state index in [0.29, 0.717) is 33.1 Å². The highest BCUT2D eigenvalue weighted by Gasteiger charge is 2.10. The summed E-state index contributed by atoms with van der Waals surface area (Å²) >= 11 is 5.84. The molecule has 30 heavy (non-hydrogen) atoms. The third kappa shape index (κ3) is 5.46. The van der Waals surface area contributed by atoms with E-state index in [1.54, 1.807) is 72.8 Å². The van der Waals surface area contributed by atoms with Crippen molar-refractivity contribution in [3.05, 3.63) is 94.5 Å². The molecule has 6 nitrogen and oxygen atoms in total. The first-order valence-electron chi connectivity index (χ1n) is 9.11. The number of hydrogen-bond acceptors (Lipinski definition) is 4. The van der Waals surface area contributed by atoms with E-state index in [0.717, 1.165) is 0 Å². The Hall–Kier alpha value is -3.64. The lowest BCUT2D eigenvalue weighted by molar-refractivity contribution is -0.118. The molecule has 0 aliphatic carbocycles. The molecule has 3 rings (SSSR count). The average molecular weight is 423 g/mol. The van der Waals surface area contributed by atoms with Gasteiger partial charge in [0, 0.05) is 34.4 Å². The Morgan fingerprint density at radius 3 is 2.13 bits per heavy atom. The highest BCUT2D eigenvalue weighted by molar-refractivity contribution is 6.30. The lowest BCUT2D eigenvalue weighted by Crippen LogP contribution is -2.21. The molecule has 0 aromatic heterocycles. The largest absolute Gasteiger partial charge is 0.484 e. The molecule has 0 saturated carbocycles. The van der Waals surface area contributed by atoms with Crippen LogP contribution >= 0.6 is 11.6 Å². The number of benzene rings is 3. The maximum Gasteiger partial charge on any atom is 0.262 e. The summed E-state index contributed by atoms with van der Waals surface area (Å²) in [5.41, 5.74) is 1.97. The van der Waals surface area contributed by atoms with E-state index in [2.05, 4.69) is 10.6 Å². The van der Waals surface area contributed by atoms with Crippen LogP contribution in [0.5, 0.6) is 5.75 Å². The average Bonchev–Trinajstić information content (AvgIpc) is 2.77. The lowest BCUT2D eigenvalue weighted by Gasteiger charge is -2.09. The van der Waals surface area contributed by atoms with Gasteiger partial charge in [-0.3, -0.25) is 14.4 Å². The van der Waals surface area contributed by atoms with E-state index in [1.165, 1.54) is 7.05 Å². The quantitative estimate of drug-likeness (QED) is 0.565. The number of nitrogens with one attached hydrogen (secondary N) is 2. The summed E-state index contributed by atoms with van der Waals surface area (Å²) in [6, 6.07) is 19.8. The van der Waals surface area contributed by atoms with Crippen LogP contribution in [0.2, 0.25) is 5.02 Å². The summed E-state index contributed by atoms with van der Waals surface area (Å²) in [5.74, 6) is -0.287. The summed E-state index contributed by atoms with van der Waals surface area (Å²) in [5, 5.41) is 5.77. The van der Waals surface area contributed by atoms with Crippen LogP contribution in [0.25, 0.3) is 0 Å². The summed E-state index contributed by atoms with van der Waals surface area (Å²) in [7, 11) is 1.54. The first-order chi connectivity index (χ1) is 14.5. The van der Waals surface area contributed by atoms with Crippen molar-refractivity contribution in [1.82, 2.24) is 5.32 Å². The van der Waals surface area contributed by atoms with Gasteiger partial charge in [0.1, 0.15) is 5.75 Å². The van der Waals surface area contributed by atoms with Crippen LogP contribution in [-0.4, -0.2) is 31.3 Å². The van der Waals surface area contributed by atoms with E-state index in [1.807, 2.05) is 0 Å². The minimum atomic E-state index is -0.370. The summed E-state index contributed by atoms with van der Waals surface area (Å²) in [4.78, 5) is 36.2. The van der Waals surface area contributed by atoms with Crippen molar-refractivity contribution < 1.29 is 19.1 Å². The third-order valence-electron chi connectivity index (χ3n) is 4.23. The fourth-order valence-electron chi connectivity index (χ4n) is 2.70. The Bertz CT molecular complexity index is 1060. The van der Waals surface area contributed by atoms with Crippen LogP contribution in [0.1, 0.15) is 26.3 Å². The van der Waals surface area contributed by atoms with Gasteiger partial charge in [-0.15, -0.1) is 0 Å². The molecule has 0 unspecified atom stereocenters. The van der Waals surface area contributed by atoms with Gasteiger partial charge >= 0.3 is 0 Å². The topological polar surface area (TPSA) is 84.5 Å². The molecule has 0 spiro atoms. The summed E-state index contributed by atoms with van der Waals surface area (Å²) in [6.07, 6.45) is 0. The van der Waals surface area contributed by atoms with Crippen molar-refractivity contribution in [3.63, 3.8) is 0 Å². The second-order valence-corrected chi connectivity index (χ2v) is 6.79.